The molecule has 0 radical (unpaired) electrons. The van der Waals surface area contributed by atoms with Crippen LogP contribution in [0.25, 0.3) is 0 Å². The van der Waals surface area contributed by atoms with E-state index in [9.17, 15) is 4.79 Å². The van der Waals surface area contributed by atoms with E-state index in [0.717, 1.165) is 23.7 Å². The van der Waals surface area contributed by atoms with Gasteiger partial charge in [0.1, 0.15) is 24.0 Å². The fourth-order valence-corrected chi connectivity index (χ4v) is 2.32. The number of amides is 1. The van der Waals surface area contributed by atoms with Crippen molar-refractivity contribution < 1.29 is 9.53 Å². The van der Waals surface area contributed by atoms with Gasteiger partial charge in [0.25, 0.3) is 0 Å². The van der Waals surface area contributed by atoms with Gasteiger partial charge in [0.2, 0.25) is 5.91 Å². The van der Waals surface area contributed by atoms with Gasteiger partial charge in [-0.05, 0) is 13.8 Å². The topological polar surface area (TPSA) is 79.4 Å². The van der Waals surface area contributed by atoms with Crippen LogP contribution < -0.4 is 15.5 Å². The predicted molar refractivity (Wildman–Crippen MR) is 77.0 cm³/mol. The Bertz CT molecular complexity index is 480. The van der Waals surface area contributed by atoms with Crippen LogP contribution in [0.15, 0.2) is 6.33 Å². The Balaban J connectivity index is 2.32. The Labute approximate surface area is 118 Å². The van der Waals surface area contributed by atoms with Crippen molar-refractivity contribution in [3.05, 3.63) is 11.9 Å². The molecule has 2 heterocycles. The SMILES string of the molecule is CCNc1ncnc(N2CCOCC2C(=O)NC)c1C. The first kappa shape index (κ1) is 14.5. The zero-order valence-corrected chi connectivity index (χ0v) is 12.1. The summed E-state index contributed by atoms with van der Waals surface area (Å²) >= 11 is 0. The summed E-state index contributed by atoms with van der Waals surface area (Å²) in [6.07, 6.45) is 1.52. The molecule has 1 amide bonds. The molecule has 0 bridgehead atoms. The highest BCUT2D eigenvalue weighted by Gasteiger charge is 2.31. The molecular formula is C13H21N5O2. The number of morpholine rings is 1. The molecule has 2 rings (SSSR count). The van der Waals surface area contributed by atoms with Crippen molar-refractivity contribution in [3.8, 4) is 0 Å². The van der Waals surface area contributed by atoms with E-state index in [0.29, 0.717) is 19.8 Å². The van der Waals surface area contributed by atoms with Crippen LogP contribution in [0, 0.1) is 6.92 Å². The molecule has 20 heavy (non-hydrogen) atoms. The summed E-state index contributed by atoms with van der Waals surface area (Å²) in [5.41, 5.74) is 0.949. The van der Waals surface area contributed by atoms with Gasteiger partial charge in [0.05, 0.1) is 13.2 Å². The van der Waals surface area contributed by atoms with Crippen molar-refractivity contribution in [3.63, 3.8) is 0 Å². The summed E-state index contributed by atoms with van der Waals surface area (Å²) in [5, 5.41) is 5.88. The summed E-state index contributed by atoms with van der Waals surface area (Å²) in [6, 6.07) is -0.350. The highest BCUT2D eigenvalue weighted by molar-refractivity contribution is 5.85. The number of ether oxygens (including phenoxy) is 1. The van der Waals surface area contributed by atoms with Gasteiger partial charge in [-0.25, -0.2) is 9.97 Å². The number of aromatic nitrogens is 2. The molecule has 0 aliphatic carbocycles. The second-order valence-electron chi connectivity index (χ2n) is 4.60. The van der Waals surface area contributed by atoms with Crippen molar-refractivity contribution >= 4 is 17.5 Å². The first-order chi connectivity index (χ1) is 9.69. The number of anilines is 2. The van der Waals surface area contributed by atoms with E-state index >= 15 is 0 Å². The molecule has 1 aliphatic rings. The summed E-state index contributed by atoms with van der Waals surface area (Å²) < 4.78 is 5.41. The largest absolute Gasteiger partial charge is 0.377 e. The number of carbonyl (C=O) groups is 1. The highest BCUT2D eigenvalue weighted by atomic mass is 16.5. The Morgan fingerprint density at radius 1 is 1.55 bits per heavy atom. The van der Waals surface area contributed by atoms with Crippen molar-refractivity contribution in [2.45, 2.75) is 19.9 Å². The minimum absolute atomic E-state index is 0.0623. The third-order valence-electron chi connectivity index (χ3n) is 3.35. The average Bonchev–Trinajstić information content (AvgIpc) is 2.49. The maximum absolute atomic E-state index is 12.0. The van der Waals surface area contributed by atoms with Crippen LogP contribution in [0.1, 0.15) is 12.5 Å². The number of nitrogens with zero attached hydrogens (tertiary/aromatic N) is 3. The molecule has 0 spiro atoms. The Morgan fingerprint density at radius 2 is 2.35 bits per heavy atom. The summed E-state index contributed by atoms with van der Waals surface area (Å²) in [7, 11) is 1.63. The molecule has 110 valence electrons. The lowest BCUT2D eigenvalue weighted by Crippen LogP contribution is -2.54. The fraction of sp³-hybridized carbons (Fsp3) is 0.615. The molecular weight excluding hydrogens is 258 g/mol. The van der Waals surface area contributed by atoms with Gasteiger partial charge in [-0.15, -0.1) is 0 Å². The first-order valence-corrected chi connectivity index (χ1v) is 6.80. The quantitative estimate of drug-likeness (QED) is 0.818. The molecule has 1 unspecified atom stereocenters. The maximum atomic E-state index is 12.0. The van der Waals surface area contributed by atoms with E-state index in [2.05, 4.69) is 20.6 Å². The number of nitrogens with one attached hydrogen (secondary N) is 2. The normalized spacial score (nSPS) is 18.8. The third-order valence-corrected chi connectivity index (χ3v) is 3.35. The maximum Gasteiger partial charge on any atom is 0.244 e. The number of rotatable bonds is 4. The molecule has 0 saturated carbocycles. The molecule has 0 aromatic carbocycles. The Morgan fingerprint density at radius 3 is 3.05 bits per heavy atom. The van der Waals surface area contributed by atoms with Gasteiger partial charge < -0.3 is 20.3 Å². The molecule has 1 aliphatic heterocycles. The zero-order chi connectivity index (χ0) is 14.5. The van der Waals surface area contributed by atoms with Gasteiger partial charge in [0.15, 0.2) is 0 Å². The van der Waals surface area contributed by atoms with Crippen LogP contribution in [0.5, 0.6) is 0 Å². The van der Waals surface area contributed by atoms with Crippen molar-refractivity contribution in [2.75, 3.05) is 43.6 Å². The molecule has 1 aromatic rings. The molecule has 1 fully saturated rings. The van der Waals surface area contributed by atoms with Crippen LogP contribution in [0.3, 0.4) is 0 Å². The van der Waals surface area contributed by atoms with Crippen molar-refractivity contribution in [1.82, 2.24) is 15.3 Å². The van der Waals surface area contributed by atoms with Crippen LogP contribution >= 0.6 is 0 Å². The van der Waals surface area contributed by atoms with Crippen LogP contribution in [0.4, 0.5) is 11.6 Å². The fourth-order valence-electron chi connectivity index (χ4n) is 2.32. The lowest BCUT2D eigenvalue weighted by Gasteiger charge is -2.36. The van der Waals surface area contributed by atoms with Gasteiger partial charge in [0, 0.05) is 25.7 Å². The molecule has 1 saturated heterocycles. The molecule has 1 aromatic heterocycles. The van der Waals surface area contributed by atoms with Crippen molar-refractivity contribution in [2.24, 2.45) is 0 Å². The van der Waals surface area contributed by atoms with Gasteiger partial charge in [-0.3, -0.25) is 4.79 Å². The summed E-state index contributed by atoms with van der Waals surface area (Å²) in [4.78, 5) is 22.6. The minimum atomic E-state index is -0.350. The van der Waals surface area contributed by atoms with Crippen LogP contribution in [0.2, 0.25) is 0 Å². The summed E-state index contributed by atoms with van der Waals surface area (Å²) in [5.74, 6) is 1.53. The second-order valence-corrected chi connectivity index (χ2v) is 4.60. The lowest BCUT2D eigenvalue weighted by atomic mass is 10.2. The Kier molecular flexibility index (Phi) is 4.73. The predicted octanol–water partition coefficient (Wildman–Crippen LogP) is 0.168. The standard InChI is InChI=1S/C13H21N5O2/c1-4-15-11-9(2)12(17-8-16-11)18-5-6-20-7-10(18)13(19)14-3/h8,10H,4-7H2,1-3H3,(H,14,19)(H,15,16,17). The molecule has 7 heteroatoms. The van der Waals surface area contributed by atoms with E-state index in [4.69, 9.17) is 4.74 Å². The van der Waals surface area contributed by atoms with Gasteiger partial charge in [-0.1, -0.05) is 0 Å². The molecule has 1 atom stereocenters. The lowest BCUT2D eigenvalue weighted by molar-refractivity contribution is -0.124. The van der Waals surface area contributed by atoms with E-state index in [1.807, 2.05) is 18.7 Å². The minimum Gasteiger partial charge on any atom is -0.377 e. The summed E-state index contributed by atoms with van der Waals surface area (Å²) in [6.45, 7) is 6.38. The van der Waals surface area contributed by atoms with Gasteiger partial charge >= 0.3 is 0 Å². The first-order valence-electron chi connectivity index (χ1n) is 6.80. The van der Waals surface area contributed by atoms with Crippen molar-refractivity contribution in [1.29, 1.82) is 0 Å². The molecule has 7 nitrogen and oxygen atoms in total. The van der Waals surface area contributed by atoms with Crippen LogP contribution in [-0.2, 0) is 9.53 Å². The second kappa shape index (κ2) is 6.51. The number of likely N-dealkylation sites (N-methyl/N-ethyl adjacent to an activating group) is 1. The monoisotopic (exact) mass is 279 g/mol. The number of hydrogen-bond acceptors (Lipinski definition) is 6. The van der Waals surface area contributed by atoms with E-state index in [1.54, 1.807) is 7.05 Å². The van der Waals surface area contributed by atoms with E-state index in [-0.39, 0.29) is 11.9 Å². The van der Waals surface area contributed by atoms with Gasteiger partial charge in [-0.2, -0.15) is 0 Å². The number of carbonyl (C=O) groups excluding carboxylic acids is 1. The van der Waals surface area contributed by atoms with Crippen LogP contribution in [-0.4, -0.2) is 55.3 Å². The third kappa shape index (κ3) is 2.82. The average molecular weight is 279 g/mol. The van der Waals surface area contributed by atoms with E-state index < -0.39 is 0 Å². The zero-order valence-electron chi connectivity index (χ0n) is 12.1. The highest BCUT2D eigenvalue weighted by Crippen LogP contribution is 2.25. The van der Waals surface area contributed by atoms with E-state index in [1.165, 1.54) is 6.33 Å². The smallest absolute Gasteiger partial charge is 0.244 e. The molecule has 2 N–H and O–H groups in total. The Hall–Kier alpha value is -1.89. The number of hydrogen-bond donors (Lipinski definition) is 2.